The van der Waals surface area contributed by atoms with Crippen LogP contribution >= 0.6 is 0 Å². The SMILES string of the molecule is c1ccc(-c2cc3c(nc2-c2ccccc2)CCCN3)cc1. The van der Waals surface area contributed by atoms with E-state index in [0.29, 0.717) is 0 Å². The Kier molecular flexibility index (Phi) is 3.36. The summed E-state index contributed by atoms with van der Waals surface area (Å²) >= 11 is 0. The Morgan fingerprint density at radius 2 is 1.50 bits per heavy atom. The van der Waals surface area contributed by atoms with Crippen molar-refractivity contribution in [2.45, 2.75) is 12.8 Å². The molecule has 0 amide bonds. The second-order valence-electron chi connectivity index (χ2n) is 5.64. The lowest BCUT2D eigenvalue weighted by molar-refractivity contribution is 0.803. The molecule has 1 aromatic heterocycles. The molecule has 2 heterocycles. The molecule has 0 atom stereocenters. The highest BCUT2D eigenvalue weighted by molar-refractivity contribution is 5.83. The standard InChI is InChI=1S/C20H18N2/c1-3-8-15(9-4-1)17-14-19-18(12-7-13-21-19)22-20(17)16-10-5-2-6-11-16/h1-6,8-11,14,21H,7,12-13H2. The van der Waals surface area contributed by atoms with Crippen molar-refractivity contribution in [2.24, 2.45) is 0 Å². The Hall–Kier alpha value is -2.61. The number of aromatic nitrogens is 1. The van der Waals surface area contributed by atoms with E-state index in [1.165, 1.54) is 28.1 Å². The molecule has 0 aliphatic carbocycles. The normalized spacial score (nSPS) is 13.3. The monoisotopic (exact) mass is 286 g/mol. The summed E-state index contributed by atoms with van der Waals surface area (Å²) in [6.45, 7) is 1.04. The fourth-order valence-corrected chi connectivity index (χ4v) is 3.03. The maximum Gasteiger partial charge on any atom is 0.0785 e. The number of anilines is 1. The molecule has 0 radical (unpaired) electrons. The van der Waals surface area contributed by atoms with Gasteiger partial charge in [-0.2, -0.15) is 0 Å². The molecule has 2 nitrogen and oxygen atoms in total. The van der Waals surface area contributed by atoms with Crippen molar-refractivity contribution in [1.82, 2.24) is 4.98 Å². The van der Waals surface area contributed by atoms with Crippen LogP contribution < -0.4 is 5.32 Å². The molecule has 3 aromatic rings. The Morgan fingerprint density at radius 3 is 2.23 bits per heavy atom. The second-order valence-corrected chi connectivity index (χ2v) is 5.64. The molecule has 0 spiro atoms. The minimum Gasteiger partial charge on any atom is -0.384 e. The van der Waals surface area contributed by atoms with Gasteiger partial charge in [-0.05, 0) is 24.5 Å². The molecule has 1 N–H and O–H groups in total. The lowest BCUT2D eigenvalue weighted by atomic mass is 9.96. The van der Waals surface area contributed by atoms with E-state index in [4.69, 9.17) is 4.98 Å². The van der Waals surface area contributed by atoms with Crippen molar-refractivity contribution >= 4 is 5.69 Å². The lowest BCUT2D eigenvalue weighted by Gasteiger charge is -2.20. The molecular weight excluding hydrogens is 268 g/mol. The van der Waals surface area contributed by atoms with Crippen LogP contribution in [0.2, 0.25) is 0 Å². The average Bonchev–Trinajstić information content (AvgIpc) is 2.62. The van der Waals surface area contributed by atoms with Crippen molar-refractivity contribution in [3.8, 4) is 22.4 Å². The summed E-state index contributed by atoms with van der Waals surface area (Å²) in [6, 6.07) is 23.2. The van der Waals surface area contributed by atoms with Gasteiger partial charge in [-0.3, -0.25) is 4.98 Å². The third-order valence-electron chi connectivity index (χ3n) is 4.14. The lowest BCUT2D eigenvalue weighted by Crippen LogP contribution is -2.14. The molecule has 0 unspecified atom stereocenters. The van der Waals surface area contributed by atoms with Crippen LogP contribution in [0.15, 0.2) is 66.7 Å². The predicted molar refractivity (Wildman–Crippen MR) is 91.9 cm³/mol. The van der Waals surface area contributed by atoms with E-state index in [0.717, 1.165) is 25.1 Å². The first-order valence-corrected chi connectivity index (χ1v) is 7.80. The zero-order chi connectivity index (χ0) is 14.8. The third kappa shape index (κ3) is 2.37. The Balaban J connectivity index is 1.95. The van der Waals surface area contributed by atoms with Crippen molar-refractivity contribution in [3.63, 3.8) is 0 Å². The molecule has 0 saturated heterocycles. The summed E-state index contributed by atoms with van der Waals surface area (Å²) < 4.78 is 0. The van der Waals surface area contributed by atoms with Gasteiger partial charge in [0.25, 0.3) is 0 Å². The molecule has 0 saturated carbocycles. The van der Waals surface area contributed by atoms with Crippen LogP contribution in [0.25, 0.3) is 22.4 Å². The minimum atomic E-state index is 1.04. The molecule has 0 fully saturated rings. The highest BCUT2D eigenvalue weighted by Crippen LogP contribution is 2.35. The van der Waals surface area contributed by atoms with Crippen LogP contribution in [-0.4, -0.2) is 11.5 Å². The second kappa shape index (κ2) is 5.64. The van der Waals surface area contributed by atoms with Crippen LogP contribution in [0.4, 0.5) is 5.69 Å². The Labute approximate surface area is 130 Å². The fourth-order valence-electron chi connectivity index (χ4n) is 3.03. The number of hydrogen-bond acceptors (Lipinski definition) is 2. The minimum absolute atomic E-state index is 1.04. The van der Waals surface area contributed by atoms with Crippen molar-refractivity contribution in [1.29, 1.82) is 0 Å². The van der Waals surface area contributed by atoms with Crippen molar-refractivity contribution in [3.05, 3.63) is 72.4 Å². The number of aryl methyl sites for hydroxylation is 1. The van der Waals surface area contributed by atoms with Crippen molar-refractivity contribution < 1.29 is 0 Å². The van der Waals surface area contributed by atoms with E-state index < -0.39 is 0 Å². The first kappa shape index (κ1) is 13.1. The molecule has 4 rings (SSSR count). The molecule has 0 bridgehead atoms. The summed E-state index contributed by atoms with van der Waals surface area (Å²) in [4.78, 5) is 5.00. The molecule has 1 aliphatic rings. The van der Waals surface area contributed by atoms with Gasteiger partial charge in [0.15, 0.2) is 0 Å². The summed E-state index contributed by atoms with van der Waals surface area (Å²) in [6.07, 6.45) is 2.20. The van der Waals surface area contributed by atoms with E-state index in [9.17, 15) is 0 Å². The Bertz CT molecular complexity index is 711. The van der Waals surface area contributed by atoms with Crippen LogP contribution in [0, 0.1) is 0 Å². The molecular formula is C20H18N2. The third-order valence-corrected chi connectivity index (χ3v) is 4.14. The maximum atomic E-state index is 5.00. The van der Waals surface area contributed by atoms with Gasteiger partial charge >= 0.3 is 0 Å². The summed E-state index contributed by atoms with van der Waals surface area (Å²) in [5.74, 6) is 0. The van der Waals surface area contributed by atoms with Gasteiger partial charge in [0.1, 0.15) is 0 Å². The van der Waals surface area contributed by atoms with Crippen LogP contribution in [-0.2, 0) is 6.42 Å². The van der Waals surface area contributed by atoms with Gasteiger partial charge in [-0.15, -0.1) is 0 Å². The molecule has 108 valence electrons. The van der Waals surface area contributed by atoms with Gasteiger partial charge in [0.2, 0.25) is 0 Å². The summed E-state index contributed by atoms with van der Waals surface area (Å²) in [7, 11) is 0. The quantitative estimate of drug-likeness (QED) is 0.733. The number of hydrogen-bond donors (Lipinski definition) is 1. The highest BCUT2D eigenvalue weighted by Gasteiger charge is 2.16. The number of fused-ring (bicyclic) bond motifs is 1. The largest absolute Gasteiger partial charge is 0.384 e. The van der Waals surface area contributed by atoms with E-state index in [-0.39, 0.29) is 0 Å². The first-order chi connectivity index (χ1) is 10.9. The number of nitrogens with one attached hydrogen (secondary N) is 1. The predicted octanol–water partition coefficient (Wildman–Crippen LogP) is 4.77. The zero-order valence-corrected chi connectivity index (χ0v) is 12.4. The maximum absolute atomic E-state index is 5.00. The zero-order valence-electron chi connectivity index (χ0n) is 12.4. The van der Waals surface area contributed by atoms with E-state index in [1.807, 2.05) is 6.07 Å². The van der Waals surface area contributed by atoms with Gasteiger partial charge in [-0.1, -0.05) is 60.7 Å². The highest BCUT2D eigenvalue weighted by atomic mass is 14.9. The van der Waals surface area contributed by atoms with Gasteiger partial charge in [0.05, 0.1) is 17.1 Å². The molecule has 1 aliphatic heterocycles. The number of pyridine rings is 1. The molecule has 2 aromatic carbocycles. The van der Waals surface area contributed by atoms with Crippen molar-refractivity contribution in [2.75, 3.05) is 11.9 Å². The number of benzene rings is 2. The average molecular weight is 286 g/mol. The van der Waals surface area contributed by atoms with Gasteiger partial charge < -0.3 is 5.32 Å². The first-order valence-electron chi connectivity index (χ1n) is 7.80. The van der Waals surface area contributed by atoms with E-state index in [1.54, 1.807) is 0 Å². The van der Waals surface area contributed by atoms with Gasteiger partial charge in [-0.25, -0.2) is 0 Å². The smallest absolute Gasteiger partial charge is 0.0785 e. The summed E-state index contributed by atoms with van der Waals surface area (Å²) in [5, 5.41) is 3.49. The van der Waals surface area contributed by atoms with Crippen LogP contribution in [0.1, 0.15) is 12.1 Å². The van der Waals surface area contributed by atoms with Crippen LogP contribution in [0.5, 0.6) is 0 Å². The topological polar surface area (TPSA) is 24.9 Å². The fraction of sp³-hybridized carbons (Fsp3) is 0.150. The number of nitrogens with zero attached hydrogens (tertiary/aromatic N) is 1. The van der Waals surface area contributed by atoms with Gasteiger partial charge in [0, 0.05) is 17.7 Å². The van der Waals surface area contributed by atoms with E-state index in [2.05, 4.69) is 66.0 Å². The Morgan fingerprint density at radius 1 is 0.818 bits per heavy atom. The summed E-state index contributed by atoms with van der Waals surface area (Å²) in [5.41, 5.74) is 7.03. The van der Waals surface area contributed by atoms with E-state index >= 15 is 0 Å². The molecule has 22 heavy (non-hydrogen) atoms. The number of rotatable bonds is 2. The molecule has 2 heteroatoms. The van der Waals surface area contributed by atoms with Crippen LogP contribution in [0.3, 0.4) is 0 Å².